The largest absolute Gasteiger partial charge is 0.481 e. The van der Waals surface area contributed by atoms with Crippen LogP contribution in [0.1, 0.15) is 66.2 Å². The van der Waals surface area contributed by atoms with E-state index in [1.54, 1.807) is 81.1 Å². The lowest BCUT2D eigenvalue weighted by molar-refractivity contribution is 0.0320. The van der Waals surface area contributed by atoms with E-state index in [-0.39, 0.29) is 12.7 Å². The average molecular weight is 1700 g/mol. The molecule has 27 nitrogen and oxygen atoms in total. The fraction of sp³-hybridized carbons (Fsp3) is 0.368. The molecule has 0 unspecified atom stereocenters. The molecule has 5 aliphatic rings. The number of methoxy groups -OCH3 is 1. The van der Waals surface area contributed by atoms with Crippen LogP contribution < -0.4 is 48.0 Å². The first kappa shape index (κ1) is 99.7. The number of hydrogen-bond acceptors (Lipinski definition) is 27. The Labute approximate surface area is 733 Å². The fourth-order valence-electron chi connectivity index (χ4n) is 11.2. The Bertz CT molecular complexity index is 4160. The molecule has 1 N–H and O–H groups in total. The maximum Gasteiger partial charge on any atom is 0.213 e. The van der Waals surface area contributed by atoms with E-state index in [1.165, 1.54) is 58.3 Å². The molecular formula is C95H125ClN18O9. The maximum atomic E-state index is 8.37. The van der Waals surface area contributed by atoms with Crippen molar-refractivity contribution in [1.82, 2.24) is 69.6 Å². The number of pyridine rings is 12. The van der Waals surface area contributed by atoms with Crippen LogP contribution in [0.15, 0.2) is 299 Å². The monoisotopic (exact) mass is 1700 g/mol. The Morgan fingerprint density at radius 1 is 0.341 bits per heavy atom. The van der Waals surface area contributed by atoms with Gasteiger partial charge in [0.15, 0.2) is 0 Å². The van der Waals surface area contributed by atoms with Crippen LogP contribution in [0.5, 0.6) is 35.3 Å². The van der Waals surface area contributed by atoms with Crippen LogP contribution in [0, 0.1) is 0 Å². The van der Waals surface area contributed by atoms with Gasteiger partial charge in [-0.3, -0.25) is 9.88 Å². The summed E-state index contributed by atoms with van der Waals surface area (Å²) in [7, 11) is 3.76. The molecule has 5 aliphatic heterocycles. The number of likely N-dealkylation sites (N-methyl/N-ethyl adjacent to an activating group) is 1. The van der Waals surface area contributed by atoms with Crippen LogP contribution >= 0.6 is 11.6 Å². The van der Waals surface area contributed by atoms with Crippen molar-refractivity contribution < 1.29 is 43.0 Å². The van der Waals surface area contributed by atoms with Gasteiger partial charge in [-0.2, -0.15) is 0 Å². The highest BCUT2D eigenvalue weighted by Gasteiger charge is 2.16. The molecule has 0 bridgehead atoms. The molecule has 0 atom stereocenters. The SMILES string of the molecule is CC(C)Oc1ccccn1.CCCOc1ccccn1.CCOc1ccccn1.CN1CCN(c2ccccn2)CC1.COc1ccccn1.Clc1ccccn1.OCCOc1ccccn1.c1ccc(N2CCCC2)nc1.c1ccc(N2CCCCC2)nc1.c1ccc(N2CCOCC2)nc1.c1ccc(OCCN2CCOCC2)nc1.c1ccncc1. The van der Waals surface area contributed by atoms with Crippen molar-refractivity contribution in [2.75, 3.05) is 178 Å². The summed E-state index contributed by atoms with van der Waals surface area (Å²) >= 11 is 5.43. The molecule has 0 radical (unpaired) electrons. The van der Waals surface area contributed by atoms with Crippen molar-refractivity contribution in [3.05, 3.63) is 304 Å². The number of aliphatic hydroxyl groups is 1. The van der Waals surface area contributed by atoms with Crippen LogP contribution in [0.2, 0.25) is 5.15 Å². The van der Waals surface area contributed by atoms with E-state index in [2.05, 4.69) is 127 Å². The van der Waals surface area contributed by atoms with Crippen LogP contribution in [0.25, 0.3) is 0 Å². The molecule has 0 amide bonds. The third-order valence-corrected chi connectivity index (χ3v) is 17.5. The topological polar surface area (TPSA) is 268 Å². The van der Waals surface area contributed by atoms with E-state index in [0.717, 1.165) is 122 Å². The van der Waals surface area contributed by atoms with E-state index < -0.39 is 0 Å². The zero-order chi connectivity index (χ0) is 87.0. The molecular weight excluding hydrogens is 1570 g/mol. The van der Waals surface area contributed by atoms with Crippen LogP contribution in [0.4, 0.5) is 23.3 Å². The van der Waals surface area contributed by atoms with E-state index >= 15 is 0 Å². The van der Waals surface area contributed by atoms with Gasteiger partial charge in [0, 0.05) is 202 Å². The first-order chi connectivity index (χ1) is 60.6. The van der Waals surface area contributed by atoms with E-state index in [4.69, 9.17) is 54.6 Å². The van der Waals surface area contributed by atoms with E-state index in [9.17, 15) is 0 Å². The molecule has 0 aliphatic carbocycles. The van der Waals surface area contributed by atoms with Gasteiger partial charge in [-0.25, -0.2) is 54.8 Å². The summed E-state index contributed by atoms with van der Waals surface area (Å²) in [5, 5.41) is 8.92. The van der Waals surface area contributed by atoms with Crippen molar-refractivity contribution in [3.8, 4) is 35.3 Å². The summed E-state index contributed by atoms with van der Waals surface area (Å²) in [4.78, 5) is 62.5. The predicted octanol–water partition coefficient (Wildman–Crippen LogP) is 15.9. The molecule has 5 fully saturated rings. The normalized spacial score (nSPS) is 13.6. The van der Waals surface area contributed by atoms with Gasteiger partial charge < -0.3 is 67.5 Å². The average Bonchev–Trinajstić information content (AvgIpc) is 1.06. The number of anilines is 4. The molecule has 656 valence electrons. The molecule has 17 rings (SSSR count). The molecule has 12 aromatic heterocycles. The third-order valence-electron chi connectivity index (χ3n) is 17.3. The van der Waals surface area contributed by atoms with Crippen molar-refractivity contribution in [1.29, 1.82) is 0 Å². The number of hydrogen-bond donors (Lipinski definition) is 1. The van der Waals surface area contributed by atoms with Crippen molar-refractivity contribution in [2.45, 2.75) is 72.3 Å². The number of ether oxygens (including phenoxy) is 8. The van der Waals surface area contributed by atoms with Gasteiger partial charge in [0.1, 0.15) is 41.6 Å². The number of piperidine rings is 1. The second-order valence-corrected chi connectivity index (χ2v) is 27.5. The van der Waals surface area contributed by atoms with Gasteiger partial charge in [-0.05, 0) is 176 Å². The Kier molecular flexibility index (Phi) is 54.8. The summed E-state index contributed by atoms with van der Waals surface area (Å²) < 4.78 is 41.5. The van der Waals surface area contributed by atoms with Crippen molar-refractivity contribution >= 4 is 34.9 Å². The highest BCUT2D eigenvalue weighted by Crippen LogP contribution is 2.19. The molecule has 0 spiro atoms. The van der Waals surface area contributed by atoms with Gasteiger partial charge in [0.2, 0.25) is 35.3 Å². The number of aliphatic hydroxyl groups excluding tert-OH is 1. The van der Waals surface area contributed by atoms with Crippen molar-refractivity contribution in [2.24, 2.45) is 0 Å². The second-order valence-electron chi connectivity index (χ2n) is 27.1. The number of piperazine rings is 1. The molecule has 0 aromatic carbocycles. The summed E-state index contributed by atoms with van der Waals surface area (Å²) in [6.07, 6.45) is 30.7. The van der Waals surface area contributed by atoms with Crippen LogP contribution in [-0.2, 0) is 9.47 Å². The number of nitrogens with zero attached hydrogens (tertiary/aromatic N) is 18. The quantitative estimate of drug-likeness (QED) is 0.0737. The number of aromatic nitrogens is 12. The molecule has 28 heteroatoms. The molecule has 12 aromatic rings. The Morgan fingerprint density at radius 3 is 0.984 bits per heavy atom. The first-order valence-electron chi connectivity index (χ1n) is 42.0. The van der Waals surface area contributed by atoms with Gasteiger partial charge in [0.25, 0.3) is 0 Å². The minimum absolute atomic E-state index is 0.0244. The lowest BCUT2D eigenvalue weighted by atomic mass is 10.1. The van der Waals surface area contributed by atoms with Crippen molar-refractivity contribution in [3.63, 3.8) is 0 Å². The number of morpholine rings is 2. The highest BCUT2D eigenvalue weighted by atomic mass is 35.5. The lowest BCUT2D eigenvalue weighted by Gasteiger charge is -2.33. The Hall–Kier alpha value is -12.1. The van der Waals surface area contributed by atoms with Gasteiger partial charge in [0.05, 0.1) is 59.5 Å². The standard InChI is InChI=1S/C11H16N2O2.C10H15N3.C10H14N2.C9H12N2O.C9H12N2.2C8H11NO.C7H9NO2.C7H9NO.C6H7NO.C5H4ClN.C5H5N/c1-2-4-12-11(3-1)15-10-7-13-5-8-14-9-6-13;1-12-6-8-13(9-7-12)10-4-2-3-5-11-10;1-4-8-12(9-5-1)10-6-2-3-7-11-10;1-2-4-10-9(3-1)11-5-7-12-8-6-11;1-2-6-10-9(5-1)11-7-3-4-8-11;1-7(2)10-8-5-3-4-6-9-8;1-2-7-10-8-5-3-4-6-9-8;9-5-6-10-7-3-1-2-4-8-7;1-2-9-7-5-3-4-6-8-7;1-8-6-4-2-3-5-7-6;6-5-3-1-2-4-7-5;1-2-4-6-5-3-1/h1-4H,5-10H2;2-5H,6-9H2,1H3;2-3,6-7H,1,4-5,8-9H2;1-4H,5-8H2;1-2,5-6H,3-4,7-8H2;3-7H,1-2H3;3-6H,2,7H2,1H3;1-4,9H,5-6H2;3-6H,2H2,1H3;2-5H,1H3;1-4H;1-5H. The lowest BCUT2D eigenvalue weighted by Crippen LogP contribution is -2.44. The van der Waals surface area contributed by atoms with Gasteiger partial charge in [-0.1, -0.05) is 91.3 Å². The van der Waals surface area contributed by atoms with Gasteiger partial charge in [-0.15, -0.1) is 0 Å². The summed E-state index contributed by atoms with van der Waals surface area (Å²) in [5.74, 6) is 8.44. The Balaban J connectivity index is 0.000000209. The second kappa shape index (κ2) is 67.5. The summed E-state index contributed by atoms with van der Waals surface area (Å²) in [6.45, 7) is 27.8. The van der Waals surface area contributed by atoms with Gasteiger partial charge >= 0.3 is 0 Å². The Morgan fingerprint density at radius 2 is 0.675 bits per heavy atom. The first-order valence-corrected chi connectivity index (χ1v) is 42.4. The summed E-state index contributed by atoms with van der Waals surface area (Å²) in [6, 6.07) is 68.8. The number of halogens is 1. The van der Waals surface area contributed by atoms with Crippen LogP contribution in [-0.4, -0.2) is 240 Å². The predicted molar refractivity (Wildman–Crippen MR) is 491 cm³/mol. The zero-order valence-corrected chi connectivity index (χ0v) is 73.1. The third kappa shape index (κ3) is 48.8. The van der Waals surface area contributed by atoms with E-state index in [1.807, 2.05) is 221 Å². The summed E-state index contributed by atoms with van der Waals surface area (Å²) in [5.41, 5.74) is 0. The molecule has 17 heterocycles. The number of rotatable bonds is 19. The molecule has 123 heavy (non-hydrogen) atoms. The highest BCUT2D eigenvalue weighted by molar-refractivity contribution is 6.29. The van der Waals surface area contributed by atoms with E-state index in [0.29, 0.717) is 60.3 Å². The smallest absolute Gasteiger partial charge is 0.213 e. The molecule has 5 saturated heterocycles. The van der Waals surface area contributed by atoms with Crippen LogP contribution in [0.3, 0.4) is 0 Å². The maximum absolute atomic E-state index is 8.37. The molecule has 0 saturated carbocycles. The minimum Gasteiger partial charge on any atom is -0.481 e. The fourth-order valence-corrected chi connectivity index (χ4v) is 11.3. The zero-order valence-electron chi connectivity index (χ0n) is 72.3. The minimum atomic E-state index is 0.0244.